The molecule has 1 N–H and O–H groups in total. The summed E-state index contributed by atoms with van der Waals surface area (Å²) in [7, 11) is 0. The van der Waals surface area contributed by atoms with Crippen molar-refractivity contribution in [3.63, 3.8) is 0 Å². The number of amides is 1. The topological polar surface area (TPSA) is 73.9 Å². The first-order chi connectivity index (χ1) is 12.9. The molecule has 1 heterocycles. The maximum Gasteiger partial charge on any atom is 0.311 e. The maximum absolute atomic E-state index is 12.3. The van der Waals surface area contributed by atoms with Gasteiger partial charge >= 0.3 is 5.97 Å². The summed E-state index contributed by atoms with van der Waals surface area (Å²) in [5, 5.41) is 3.42. The fourth-order valence-corrected chi connectivity index (χ4v) is 3.03. The van der Waals surface area contributed by atoms with Crippen molar-refractivity contribution in [2.45, 2.75) is 19.4 Å². The molecule has 0 saturated heterocycles. The third-order valence-corrected chi connectivity index (χ3v) is 4.58. The zero-order valence-electron chi connectivity index (χ0n) is 14.5. The van der Waals surface area contributed by atoms with Gasteiger partial charge in [-0.2, -0.15) is 0 Å². The lowest BCUT2D eigenvalue weighted by atomic mass is 10.1. The molecule has 0 unspecified atom stereocenters. The molecule has 8 heteroatoms. The highest BCUT2D eigenvalue weighted by molar-refractivity contribution is 6.36. The van der Waals surface area contributed by atoms with Crippen LogP contribution in [0.25, 0.3) is 0 Å². The molecule has 0 radical (unpaired) electrons. The van der Waals surface area contributed by atoms with Gasteiger partial charge in [0.25, 0.3) is 5.91 Å². The number of carbonyl (C=O) groups is 2. The Morgan fingerprint density at radius 3 is 2.48 bits per heavy atom. The Morgan fingerprint density at radius 2 is 1.78 bits per heavy atom. The van der Waals surface area contributed by atoms with E-state index < -0.39 is 18.0 Å². The van der Waals surface area contributed by atoms with E-state index in [2.05, 4.69) is 5.32 Å². The van der Waals surface area contributed by atoms with E-state index in [9.17, 15) is 9.59 Å². The van der Waals surface area contributed by atoms with E-state index in [4.69, 9.17) is 37.4 Å². The van der Waals surface area contributed by atoms with E-state index in [1.165, 1.54) is 6.92 Å². The van der Waals surface area contributed by atoms with Crippen LogP contribution in [-0.2, 0) is 20.7 Å². The predicted octanol–water partition coefficient (Wildman–Crippen LogP) is 3.88. The average molecular weight is 410 g/mol. The van der Waals surface area contributed by atoms with Crippen molar-refractivity contribution in [3.8, 4) is 11.5 Å². The highest BCUT2D eigenvalue weighted by Gasteiger charge is 2.21. The monoisotopic (exact) mass is 409 g/mol. The molecular weight excluding hydrogens is 393 g/mol. The lowest BCUT2D eigenvalue weighted by molar-refractivity contribution is -0.152. The van der Waals surface area contributed by atoms with Gasteiger partial charge in [-0.3, -0.25) is 9.59 Å². The lowest BCUT2D eigenvalue weighted by Gasteiger charge is -2.19. The fraction of sp³-hybridized carbons (Fsp3) is 0.263. The van der Waals surface area contributed by atoms with Crippen molar-refractivity contribution < 1.29 is 23.8 Å². The Bertz CT molecular complexity index is 851. The van der Waals surface area contributed by atoms with E-state index in [0.717, 1.165) is 0 Å². The highest BCUT2D eigenvalue weighted by atomic mass is 35.5. The number of esters is 1. The number of halogens is 2. The Labute approximate surface area is 166 Å². The number of rotatable bonds is 5. The molecule has 0 aromatic heterocycles. The number of benzene rings is 2. The summed E-state index contributed by atoms with van der Waals surface area (Å²) < 4.78 is 16.1. The minimum absolute atomic E-state index is 0.125. The molecule has 3 rings (SSSR count). The van der Waals surface area contributed by atoms with Crippen LogP contribution < -0.4 is 14.8 Å². The van der Waals surface area contributed by atoms with Gasteiger partial charge in [0.05, 0.1) is 6.42 Å². The molecule has 0 saturated carbocycles. The predicted molar refractivity (Wildman–Crippen MR) is 102 cm³/mol. The first-order valence-corrected chi connectivity index (χ1v) is 9.02. The van der Waals surface area contributed by atoms with Crippen LogP contribution in [0, 0.1) is 0 Å². The Balaban J connectivity index is 1.58. The fourth-order valence-electron chi connectivity index (χ4n) is 2.50. The molecule has 2 aromatic carbocycles. The van der Waals surface area contributed by atoms with Gasteiger partial charge in [0.15, 0.2) is 17.6 Å². The Hall–Kier alpha value is -2.44. The Kier molecular flexibility index (Phi) is 6.08. The van der Waals surface area contributed by atoms with E-state index in [1.807, 2.05) is 0 Å². The number of hydrogen-bond acceptors (Lipinski definition) is 5. The number of nitrogens with one attached hydrogen (secondary N) is 1. The summed E-state index contributed by atoms with van der Waals surface area (Å²) in [6, 6.07) is 10.00. The van der Waals surface area contributed by atoms with Gasteiger partial charge in [0.2, 0.25) is 0 Å². The van der Waals surface area contributed by atoms with E-state index in [0.29, 0.717) is 46.0 Å². The van der Waals surface area contributed by atoms with Crippen molar-refractivity contribution in [3.05, 3.63) is 52.0 Å². The summed E-state index contributed by atoms with van der Waals surface area (Å²) in [6.07, 6.45) is -1.12. The molecule has 142 valence electrons. The maximum atomic E-state index is 12.3. The molecule has 0 fully saturated rings. The number of anilines is 1. The van der Waals surface area contributed by atoms with Crippen LogP contribution in [0.1, 0.15) is 12.5 Å². The largest absolute Gasteiger partial charge is 0.486 e. The quantitative estimate of drug-likeness (QED) is 0.758. The molecule has 1 amide bonds. The minimum atomic E-state index is -0.994. The third-order valence-electron chi connectivity index (χ3n) is 3.87. The highest BCUT2D eigenvalue weighted by Crippen LogP contribution is 2.32. The average Bonchev–Trinajstić information content (AvgIpc) is 2.64. The molecule has 1 aliphatic rings. The first kappa shape index (κ1) is 19.3. The lowest BCUT2D eigenvalue weighted by Crippen LogP contribution is -2.30. The van der Waals surface area contributed by atoms with E-state index >= 15 is 0 Å². The van der Waals surface area contributed by atoms with Gasteiger partial charge in [-0.25, -0.2) is 0 Å². The molecule has 6 nitrogen and oxygen atoms in total. The summed E-state index contributed by atoms with van der Waals surface area (Å²) in [6.45, 7) is 2.42. The standard InChI is InChI=1S/C19H17Cl2NO5/c1-11(27-18(23)10-13-14(20)3-2-4-15(13)21)19(24)22-12-5-6-16-17(9-12)26-8-7-25-16/h2-6,9,11H,7-8,10H2,1H3,(H,22,24)/t11-/m1/s1. The van der Waals surface area contributed by atoms with Crippen LogP contribution in [0.2, 0.25) is 10.0 Å². The molecule has 0 aliphatic carbocycles. The molecule has 27 heavy (non-hydrogen) atoms. The normalized spacial score (nSPS) is 13.6. The van der Waals surface area contributed by atoms with E-state index in [1.54, 1.807) is 36.4 Å². The van der Waals surface area contributed by atoms with Crippen molar-refractivity contribution in [2.24, 2.45) is 0 Å². The van der Waals surface area contributed by atoms with Crippen LogP contribution in [0.3, 0.4) is 0 Å². The van der Waals surface area contributed by atoms with Crippen LogP contribution >= 0.6 is 23.2 Å². The summed E-state index contributed by atoms with van der Waals surface area (Å²) in [4.78, 5) is 24.4. The van der Waals surface area contributed by atoms with Crippen LogP contribution in [0.5, 0.6) is 11.5 Å². The molecule has 0 spiro atoms. The minimum Gasteiger partial charge on any atom is -0.486 e. The SMILES string of the molecule is C[C@@H](OC(=O)Cc1c(Cl)cccc1Cl)C(=O)Nc1ccc2c(c1)OCCO2. The molecule has 0 bridgehead atoms. The second-order valence-electron chi connectivity index (χ2n) is 5.86. The Morgan fingerprint density at radius 1 is 1.11 bits per heavy atom. The molecule has 1 aliphatic heterocycles. The van der Waals surface area contributed by atoms with Gasteiger partial charge in [0.1, 0.15) is 13.2 Å². The second kappa shape index (κ2) is 8.50. The van der Waals surface area contributed by atoms with Crippen LogP contribution in [0.4, 0.5) is 5.69 Å². The summed E-state index contributed by atoms with van der Waals surface area (Å²) >= 11 is 12.1. The molecule has 1 atom stereocenters. The van der Waals surface area contributed by atoms with Gasteiger partial charge in [-0.05, 0) is 31.2 Å². The number of hydrogen-bond donors (Lipinski definition) is 1. The number of ether oxygens (including phenoxy) is 3. The summed E-state index contributed by atoms with van der Waals surface area (Å²) in [5.74, 6) is 0.104. The van der Waals surface area contributed by atoms with Gasteiger partial charge in [0, 0.05) is 27.4 Å². The van der Waals surface area contributed by atoms with Crippen LogP contribution in [-0.4, -0.2) is 31.2 Å². The third kappa shape index (κ3) is 4.84. The molecular formula is C19H17Cl2NO5. The van der Waals surface area contributed by atoms with Gasteiger partial charge in [-0.15, -0.1) is 0 Å². The zero-order valence-corrected chi connectivity index (χ0v) is 16.0. The van der Waals surface area contributed by atoms with Crippen molar-refractivity contribution in [2.75, 3.05) is 18.5 Å². The van der Waals surface area contributed by atoms with E-state index in [-0.39, 0.29) is 6.42 Å². The van der Waals surface area contributed by atoms with Gasteiger partial charge < -0.3 is 19.5 Å². The molecule has 2 aromatic rings. The van der Waals surface area contributed by atoms with Crippen molar-refractivity contribution >= 4 is 40.8 Å². The first-order valence-electron chi connectivity index (χ1n) is 8.27. The number of carbonyl (C=O) groups excluding carboxylic acids is 2. The summed E-state index contributed by atoms with van der Waals surface area (Å²) in [5.41, 5.74) is 0.978. The van der Waals surface area contributed by atoms with Crippen LogP contribution in [0.15, 0.2) is 36.4 Å². The van der Waals surface area contributed by atoms with Gasteiger partial charge in [-0.1, -0.05) is 29.3 Å². The number of fused-ring (bicyclic) bond motifs is 1. The second-order valence-corrected chi connectivity index (χ2v) is 6.67. The zero-order chi connectivity index (χ0) is 19.4. The van der Waals surface area contributed by atoms with Crippen molar-refractivity contribution in [1.82, 2.24) is 0 Å². The smallest absolute Gasteiger partial charge is 0.311 e. The van der Waals surface area contributed by atoms with Crippen molar-refractivity contribution in [1.29, 1.82) is 0 Å².